The lowest BCUT2D eigenvalue weighted by molar-refractivity contribution is 0.0949. The van der Waals surface area contributed by atoms with Crippen LogP contribution in [0.2, 0.25) is 0 Å². The lowest BCUT2D eigenvalue weighted by Crippen LogP contribution is -2.55. The van der Waals surface area contributed by atoms with Gasteiger partial charge in [0.1, 0.15) is 11.6 Å². The zero-order valence-electron chi connectivity index (χ0n) is 22.8. The minimum Gasteiger partial charge on any atom is -0.367 e. The molecule has 0 spiro atoms. The van der Waals surface area contributed by atoms with Gasteiger partial charge in [0.2, 0.25) is 0 Å². The van der Waals surface area contributed by atoms with Gasteiger partial charge in [-0.05, 0) is 68.8 Å². The molecular formula is C30H33F2N5O3. The number of anilines is 2. The Kier molecular flexibility index (Phi) is 8.67. The normalized spacial score (nSPS) is 13.5. The summed E-state index contributed by atoms with van der Waals surface area (Å²) in [6.45, 7) is 7.85. The second-order valence-electron chi connectivity index (χ2n) is 10.6. The summed E-state index contributed by atoms with van der Waals surface area (Å²) in [5.41, 5.74) is 1.52. The van der Waals surface area contributed by atoms with Gasteiger partial charge in [0.25, 0.3) is 11.8 Å². The number of nitrogens with zero attached hydrogens (tertiary/aromatic N) is 2. The Hall–Kier alpha value is -4.47. The van der Waals surface area contributed by atoms with Crippen molar-refractivity contribution in [1.29, 1.82) is 0 Å². The molecule has 1 aliphatic heterocycles. The van der Waals surface area contributed by atoms with Gasteiger partial charge in [0, 0.05) is 49.6 Å². The van der Waals surface area contributed by atoms with Crippen molar-refractivity contribution in [3.05, 3.63) is 95.1 Å². The molecule has 0 aliphatic carbocycles. The maximum absolute atomic E-state index is 14.1. The summed E-state index contributed by atoms with van der Waals surface area (Å²) in [6.07, 6.45) is 0. The molecule has 10 heteroatoms. The van der Waals surface area contributed by atoms with Gasteiger partial charge in [-0.1, -0.05) is 24.3 Å². The van der Waals surface area contributed by atoms with Crippen LogP contribution in [0.3, 0.4) is 0 Å². The largest absolute Gasteiger partial charge is 0.367 e. The lowest BCUT2D eigenvalue weighted by Gasteiger charge is -2.38. The highest BCUT2D eigenvalue weighted by atomic mass is 19.1. The van der Waals surface area contributed by atoms with E-state index in [1.54, 1.807) is 41.3 Å². The maximum atomic E-state index is 14.1. The molecule has 210 valence electrons. The second-order valence-corrected chi connectivity index (χ2v) is 10.6. The van der Waals surface area contributed by atoms with Crippen molar-refractivity contribution in [3.8, 4) is 0 Å². The Bertz CT molecular complexity index is 1380. The van der Waals surface area contributed by atoms with Crippen LogP contribution in [0.15, 0.2) is 66.7 Å². The van der Waals surface area contributed by atoms with E-state index in [0.29, 0.717) is 43.1 Å². The first-order valence-electron chi connectivity index (χ1n) is 13.0. The van der Waals surface area contributed by atoms with Crippen molar-refractivity contribution in [2.24, 2.45) is 0 Å². The zero-order valence-corrected chi connectivity index (χ0v) is 22.8. The van der Waals surface area contributed by atoms with E-state index in [9.17, 15) is 23.2 Å². The predicted octanol–water partition coefficient (Wildman–Crippen LogP) is 4.78. The summed E-state index contributed by atoms with van der Waals surface area (Å²) in [6, 6.07) is 16.3. The number of nitrogens with one attached hydrogen (secondary N) is 3. The molecule has 3 N–H and O–H groups in total. The smallest absolute Gasteiger partial charge is 0.317 e. The number of benzene rings is 3. The van der Waals surface area contributed by atoms with Crippen LogP contribution in [0, 0.1) is 11.6 Å². The molecule has 3 aromatic rings. The Morgan fingerprint density at radius 1 is 0.825 bits per heavy atom. The molecule has 4 amide bonds. The number of halogens is 2. The minimum absolute atomic E-state index is 0.112. The number of amides is 4. The van der Waals surface area contributed by atoms with Gasteiger partial charge in [-0.2, -0.15) is 0 Å². The quantitative estimate of drug-likeness (QED) is 0.413. The molecular weight excluding hydrogens is 516 g/mol. The number of hydrogen-bond acceptors (Lipinski definition) is 4. The Morgan fingerprint density at radius 2 is 1.50 bits per heavy atom. The number of urea groups is 1. The molecule has 1 heterocycles. The van der Waals surface area contributed by atoms with E-state index in [1.807, 2.05) is 25.7 Å². The van der Waals surface area contributed by atoms with Gasteiger partial charge in [-0.3, -0.25) is 9.59 Å². The first kappa shape index (κ1) is 28.5. The number of hydrogen-bond donors (Lipinski definition) is 3. The fraction of sp³-hybridized carbons (Fsp3) is 0.300. The first-order valence-corrected chi connectivity index (χ1v) is 13.0. The van der Waals surface area contributed by atoms with E-state index in [2.05, 4.69) is 16.0 Å². The molecule has 4 rings (SSSR count). The third-order valence-electron chi connectivity index (χ3n) is 6.37. The van der Waals surface area contributed by atoms with E-state index >= 15 is 0 Å². The average molecular weight is 550 g/mol. The van der Waals surface area contributed by atoms with Crippen molar-refractivity contribution >= 4 is 29.2 Å². The Balaban J connectivity index is 1.54. The van der Waals surface area contributed by atoms with E-state index in [1.165, 1.54) is 30.3 Å². The van der Waals surface area contributed by atoms with E-state index < -0.39 is 17.6 Å². The lowest BCUT2D eigenvalue weighted by atomic mass is 10.1. The molecule has 0 unspecified atom stereocenters. The highest BCUT2D eigenvalue weighted by Gasteiger charge is 2.26. The van der Waals surface area contributed by atoms with E-state index in [-0.39, 0.29) is 29.5 Å². The van der Waals surface area contributed by atoms with Crippen molar-refractivity contribution < 1.29 is 23.2 Å². The maximum Gasteiger partial charge on any atom is 0.317 e. The molecule has 0 bridgehead atoms. The predicted molar refractivity (Wildman–Crippen MR) is 150 cm³/mol. The Morgan fingerprint density at radius 3 is 2.15 bits per heavy atom. The van der Waals surface area contributed by atoms with Gasteiger partial charge >= 0.3 is 6.03 Å². The summed E-state index contributed by atoms with van der Waals surface area (Å²) in [4.78, 5) is 42.4. The van der Waals surface area contributed by atoms with Gasteiger partial charge in [0.05, 0.1) is 11.1 Å². The Labute approximate surface area is 232 Å². The summed E-state index contributed by atoms with van der Waals surface area (Å²) in [5, 5.41) is 8.49. The molecule has 0 aromatic heterocycles. The number of rotatable bonds is 6. The van der Waals surface area contributed by atoms with Crippen LogP contribution in [-0.4, -0.2) is 54.5 Å². The number of piperazine rings is 1. The standard InChI is InChI=1S/C30H33F2N5O3/c1-30(2,3)35-29(40)37-16-14-36(15-17-37)26-13-12-22(34-28(39)23-6-4-5-7-25(23)32)18-24(26)27(38)33-19-20-8-10-21(31)11-9-20/h4-13,18H,14-17,19H2,1-3H3,(H,33,38)(H,34,39)(H,35,40). The van der Waals surface area contributed by atoms with Crippen LogP contribution < -0.4 is 20.9 Å². The van der Waals surface area contributed by atoms with Crippen molar-refractivity contribution in [3.63, 3.8) is 0 Å². The first-order chi connectivity index (χ1) is 19.0. The second kappa shape index (κ2) is 12.1. The molecule has 3 aromatic carbocycles. The molecule has 0 atom stereocenters. The molecule has 8 nitrogen and oxygen atoms in total. The summed E-state index contributed by atoms with van der Waals surface area (Å²) < 4.78 is 27.4. The number of carbonyl (C=O) groups is 3. The topological polar surface area (TPSA) is 93.8 Å². The van der Waals surface area contributed by atoms with Crippen LogP contribution in [-0.2, 0) is 6.54 Å². The molecule has 0 radical (unpaired) electrons. The van der Waals surface area contributed by atoms with Gasteiger partial charge in [0.15, 0.2) is 0 Å². The third-order valence-corrected chi connectivity index (χ3v) is 6.37. The van der Waals surface area contributed by atoms with Crippen LogP contribution in [0.25, 0.3) is 0 Å². The van der Waals surface area contributed by atoms with Gasteiger partial charge in [-0.15, -0.1) is 0 Å². The fourth-order valence-corrected chi connectivity index (χ4v) is 4.35. The minimum atomic E-state index is -0.651. The summed E-state index contributed by atoms with van der Waals surface area (Å²) in [5.74, 6) is -2.05. The molecule has 1 aliphatic rings. The van der Waals surface area contributed by atoms with Crippen molar-refractivity contribution in [2.75, 3.05) is 36.4 Å². The number of carbonyl (C=O) groups excluding carboxylic acids is 3. The summed E-state index contributed by atoms with van der Waals surface area (Å²) >= 11 is 0. The van der Waals surface area contributed by atoms with E-state index in [4.69, 9.17) is 0 Å². The highest BCUT2D eigenvalue weighted by Crippen LogP contribution is 2.27. The van der Waals surface area contributed by atoms with Crippen LogP contribution >= 0.6 is 0 Å². The fourth-order valence-electron chi connectivity index (χ4n) is 4.35. The molecule has 1 saturated heterocycles. The van der Waals surface area contributed by atoms with Crippen LogP contribution in [0.4, 0.5) is 25.0 Å². The molecule has 1 fully saturated rings. The summed E-state index contributed by atoms with van der Waals surface area (Å²) in [7, 11) is 0. The zero-order chi connectivity index (χ0) is 28.9. The average Bonchev–Trinajstić information content (AvgIpc) is 2.92. The molecule has 0 saturated carbocycles. The third kappa shape index (κ3) is 7.34. The van der Waals surface area contributed by atoms with Crippen LogP contribution in [0.5, 0.6) is 0 Å². The SMILES string of the molecule is CC(C)(C)NC(=O)N1CCN(c2ccc(NC(=O)c3ccccc3F)cc2C(=O)NCc2ccc(F)cc2)CC1. The van der Waals surface area contributed by atoms with Gasteiger partial charge < -0.3 is 25.8 Å². The highest BCUT2D eigenvalue weighted by molar-refractivity contribution is 6.06. The van der Waals surface area contributed by atoms with Gasteiger partial charge in [-0.25, -0.2) is 13.6 Å². The molecule has 40 heavy (non-hydrogen) atoms. The van der Waals surface area contributed by atoms with Crippen LogP contribution in [0.1, 0.15) is 47.1 Å². The van der Waals surface area contributed by atoms with E-state index in [0.717, 1.165) is 5.56 Å². The monoisotopic (exact) mass is 549 g/mol. The van der Waals surface area contributed by atoms with Crippen molar-refractivity contribution in [1.82, 2.24) is 15.5 Å². The van der Waals surface area contributed by atoms with Crippen molar-refractivity contribution in [2.45, 2.75) is 32.9 Å².